The number of nitrogens with one attached hydrogen (secondary N) is 1. The van der Waals surface area contributed by atoms with E-state index in [0.29, 0.717) is 12.1 Å². The van der Waals surface area contributed by atoms with Gasteiger partial charge in [0.1, 0.15) is 0 Å². The lowest BCUT2D eigenvalue weighted by Crippen LogP contribution is -3.00. The molecule has 0 amide bonds. The van der Waals surface area contributed by atoms with Crippen molar-refractivity contribution in [2.45, 2.75) is 24.9 Å². The third-order valence-electron chi connectivity index (χ3n) is 2.39. The van der Waals surface area contributed by atoms with Crippen LogP contribution in [-0.2, 0) is 0 Å². The molecule has 0 aromatic rings. The molecule has 3 N–H and O–H groups in total. The molecule has 1 fully saturated rings. The summed E-state index contributed by atoms with van der Waals surface area (Å²) >= 11 is 0. The third-order valence-corrected chi connectivity index (χ3v) is 2.39. The Labute approximate surface area is 87.7 Å². The summed E-state index contributed by atoms with van der Waals surface area (Å²) in [6, 6.07) is 1.16. The molecule has 0 aliphatic heterocycles. The first-order valence-corrected chi connectivity index (χ1v) is 4.77. The highest BCUT2D eigenvalue weighted by Crippen LogP contribution is 2.16. The summed E-state index contributed by atoms with van der Waals surface area (Å²) in [4.78, 5) is 0. The van der Waals surface area contributed by atoms with Crippen LogP contribution in [0.1, 0.15) is 12.8 Å². The minimum atomic E-state index is 0. The second-order valence-corrected chi connectivity index (χ2v) is 4.90. The summed E-state index contributed by atoms with van der Waals surface area (Å²) in [6.45, 7) is 2.30. The largest absolute Gasteiger partial charge is 1.00 e. The van der Waals surface area contributed by atoms with Gasteiger partial charge in [-0.2, -0.15) is 0 Å². The molecule has 3 nitrogen and oxygen atoms in total. The van der Waals surface area contributed by atoms with Crippen LogP contribution in [0.4, 0.5) is 0 Å². The molecule has 80 valence electrons. The lowest BCUT2D eigenvalue weighted by molar-refractivity contribution is -0.869. The monoisotopic (exact) mass is 207 g/mol. The Hall–Kier alpha value is 0.170. The van der Waals surface area contributed by atoms with Crippen molar-refractivity contribution in [1.29, 1.82) is 0 Å². The maximum Gasteiger partial charge on any atom is 0.0907 e. The van der Waals surface area contributed by atoms with Gasteiger partial charge in [-0.15, -0.1) is 0 Å². The number of quaternary nitrogens is 1. The summed E-state index contributed by atoms with van der Waals surface area (Å²) in [5, 5.41) is 3.51. The molecule has 0 saturated heterocycles. The Kier molecular flexibility index (Phi) is 5.22. The molecule has 1 aliphatic rings. The topological polar surface area (TPSA) is 38.0 Å². The zero-order valence-electron chi connectivity index (χ0n) is 8.89. The van der Waals surface area contributed by atoms with E-state index in [2.05, 4.69) is 26.5 Å². The highest BCUT2D eigenvalue weighted by Gasteiger charge is 2.25. The van der Waals surface area contributed by atoms with Crippen LogP contribution in [0.15, 0.2) is 0 Å². The summed E-state index contributed by atoms with van der Waals surface area (Å²) in [7, 11) is 6.65. The molecule has 0 aromatic heterocycles. The summed E-state index contributed by atoms with van der Waals surface area (Å²) in [5.74, 6) is 0. The molecule has 0 spiro atoms. The molecular formula is C9H22ClN3. The van der Waals surface area contributed by atoms with Crippen molar-refractivity contribution >= 4 is 0 Å². The highest BCUT2D eigenvalue weighted by molar-refractivity contribution is 4.87. The third kappa shape index (κ3) is 5.47. The molecular weight excluding hydrogens is 186 g/mol. The second-order valence-electron chi connectivity index (χ2n) is 4.90. The van der Waals surface area contributed by atoms with Gasteiger partial charge >= 0.3 is 0 Å². The fourth-order valence-corrected chi connectivity index (χ4v) is 1.43. The van der Waals surface area contributed by atoms with E-state index in [0.717, 1.165) is 23.9 Å². The molecule has 0 unspecified atom stereocenters. The van der Waals surface area contributed by atoms with Gasteiger partial charge in [-0.05, 0) is 12.8 Å². The predicted octanol–water partition coefficient (Wildman–Crippen LogP) is -3.22. The van der Waals surface area contributed by atoms with Crippen LogP contribution in [0.3, 0.4) is 0 Å². The average molecular weight is 208 g/mol. The molecule has 1 aliphatic carbocycles. The van der Waals surface area contributed by atoms with E-state index in [-0.39, 0.29) is 12.4 Å². The van der Waals surface area contributed by atoms with Crippen LogP contribution >= 0.6 is 0 Å². The number of likely N-dealkylation sites (N-methyl/N-ethyl adjacent to an activating group) is 1. The smallest absolute Gasteiger partial charge is 0.0907 e. The quantitative estimate of drug-likeness (QED) is 0.476. The molecule has 4 heteroatoms. The van der Waals surface area contributed by atoms with Gasteiger partial charge in [0, 0.05) is 18.6 Å². The fourth-order valence-electron chi connectivity index (χ4n) is 1.43. The Bertz CT molecular complexity index is 138. The van der Waals surface area contributed by atoms with Crippen molar-refractivity contribution < 1.29 is 16.9 Å². The number of nitrogens with two attached hydrogens (primary N) is 1. The van der Waals surface area contributed by atoms with Crippen molar-refractivity contribution in [1.82, 2.24) is 5.32 Å². The number of nitrogens with zero attached hydrogens (tertiary/aromatic N) is 1. The van der Waals surface area contributed by atoms with Crippen LogP contribution in [0.5, 0.6) is 0 Å². The van der Waals surface area contributed by atoms with E-state index in [1.165, 1.54) is 6.54 Å². The molecule has 0 heterocycles. The number of hydrogen-bond donors (Lipinski definition) is 2. The standard InChI is InChI=1S/C9H22N3.ClH/c1-12(2,3)5-4-11-9-6-8(10)7-9;/h8-9,11H,4-7,10H2,1-3H3;1H/q+1;/p-1. The molecule has 0 bridgehead atoms. The van der Waals surface area contributed by atoms with Gasteiger partial charge in [0.25, 0.3) is 0 Å². The van der Waals surface area contributed by atoms with Gasteiger partial charge in [-0.25, -0.2) is 0 Å². The van der Waals surface area contributed by atoms with E-state index in [1.807, 2.05) is 0 Å². The van der Waals surface area contributed by atoms with Crippen molar-refractivity contribution in [3.8, 4) is 0 Å². The van der Waals surface area contributed by atoms with Gasteiger partial charge in [0.05, 0.1) is 27.7 Å². The lowest BCUT2D eigenvalue weighted by atomic mass is 9.88. The molecule has 0 atom stereocenters. The van der Waals surface area contributed by atoms with E-state index in [9.17, 15) is 0 Å². The summed E-state index contributed by atoms with van der Waals surface area (Å²) in [5.41, 5.74) is 5.68. The van der Waals surface area contributed by atoms with Crippen LogP contribution in [0.25, 0.3) is 0 Å². The molecule has 1 rings (SSSR count). The SMILES string of the molecule is C[N+](C)(C)CCNC1CC(N)C1.[Cl-]. The van der Waals surface area contributed by atoms with Gasteiger partial charge in [-0.3, -0.25) is 0 Å². The minimum Gasteiger partial charge on any atom is -1.00 e. The predicted molar refractivity (Wildman–Crippen MR) is 51.9 cm³/mol. The van der Waals surface area contributed by atoms with Gasteiger partial charge in [-0.1, -0.05) is 0 Å². The Balaban J connectivity index is 0.00000144. The highest BCUT2D eigenvalue weighted by atomic mass is 35.5. The van der Waals surface area contributed by atoms with E-state index in [4.69, 9.17) is 5.73 Å². The zero-order chi connectivity index (χ0) is 9.19. The lowest BCUT2D eigenvalue weighted by Gasteiger charge is -2.34. The first-order valence-electron chi connectivity index (χ1n) is 4.77. The molecule has 1 saturated carbocycles. The van der Waals surface area contributed by atoms with Crippen LogP contribution in [0, 0.1) is 0 Å². The van der Waals surface area contributed by atoms with Crippen molar-refractivity contribution in [2.24, 2.45) is 5.73 Å². The van der Waals surface area contributed by atoms with Gasteiger partial charge < -0.3 is 27.9 Å². The fraction of sp³-hybridized carbons (Fsp3) is 1.00. The van der Waals surface area contributed by atoms with Crippen LogP contribution < -0.4 is 23.5 Å². The Morgan fingerprint density at radius 3 is 2.23 bits per heavy atom. The van der Waals surface area contributed by atoms with E-state index >= 15 is 0 Å². The van der Waals surface area contributed by atoms with Gasteiger partial charge in [0.2, 0.25) is 0 Å². The maximum atomic E-state index is 5.68. The second kappa shape index (κ2) is 5.15. The normalized spacial score (nSPS) is 27.7. The van der Waals surface area contributed by atoms with Crippen molar-refractivity contribution in [2.75, 3.05) is 34.2 Å². The Morgan fingerprint density at radius 1 is 1.31 bits per heavy atom. The molecule has 0 aromatic carbocycles. The van der Waals surface area contributed by atoms with E-state index < -0.39 is 0 Å². The average Bonchev–Trinajstić information content (AvgIpc) is 1.81. The van der Waals surface area contributed by atoms with Crippen molar-refractivity contribution in [3.05, 3.63) is 0 Å². The molecule has 13 heavy (non-hydrogen) atoms. The number of halogens is 1. The van der Waals surface area contributed by atoms with Crippen LogP contribution in [-0.4, -0.2) is 50.8 Å². The molecule has 0 radical (unpaired) electrons. The zero-order valence-corrected chi connectivity index (χ0v) is 9.64. The number of hydrogen-bond acceptors (Lipinski definition) is 2. The minimum absolute atomic E-state index is 0. The van der Waals surface area contributed by atoms with Gasteiger partial charge in [0.15, 0.2) is 0 Å². The first kappa shape index (κ1) is 13.2. The summed E-state index contributed by atoms with van der Waals surface area (Å²) in [6.07, 6.45) is 2.33. The number of rotatable bonds is 4. The Morgan fingerprint density at radius 2 is 1.85 bits per heavy atom. The van der Waals surface area contributed by atoms with Crippen LogP contribution in [0.2, 0.25) is 0 Å². The van der Waals surface area contributed by atoms with E-state index in [1.54, 1.807) is 0 Å². The summed E-state index contributed by atoms with van der Waals surface area (Å²) < 4.78 is 1.03. The first-order chi connectivity index (χ1) is 5.47. The maximum absolute atomic E-state index is 5.68. The van der Waals surface area contributed by atoms with Crippen molar-refractivity contribution in [3.63, 3.8) is 0 Å².